The van der Waals surface area contributed by atoms with Crippen LogP contribution >= 0.6 is 11.3 Å². The van der Waals surface area contributed by atoms with Crippen LogP contribution in [0.4, 0.5) is 5.82 Å². The SMILES string of the molecule is Cc1csc(C(C)Nc2ccc(C(=O)O)c(C)n2)n1. The van der Waals surface area contributed by atoms with Crippen LogP contribution in [0.25, 0.3) is 0 Å². The van der Waals surface area contributed by atoms with Crippen LogP contribution < -0.4 is 5.32 Å². The van der Waals surface area contributed by atoms with Gasteiger partial charge in [0.25, 0.3) is 0 Å². The van der Waals surface area contributed by atoms with Gasteiger partial charge in [-0.3, -0.25) is 0 Å². The zero-order valence-corrected chi connectivity index (χ0v) is 11.8. The number of carboxylic acids is 1. The van der Waals surface area contributed by atoms with Crippen molar-refractivity contribution in [3.63, 3.8) is 0 Å². The van der Waals surface area contributed by atoms with Gasteiger partial charge in [0.15, 0.2) is 0 Å². The molecule has 0 spiro atoms. The molecule has 0 fully saturated rings. The van der Waals surface area contributed by atoms with Crippen LogP contribution in [0.5, 0.6) is 0 Å². The predicted molar refractivity (Wildman–Crippen MR) is 74.8 cm³/mol. The van der Waals surface area contributed by atoms with Gasteiger partial charge in [-0.15, -0.1) is 11.3 Å². The number of thiazole rings is 1. The van der Waals surface area contributed by atoms with E-state index in [1.165, 1.54) is 0 Å². The first-order valence-corrected chi connectivity index (χ1v) is 6.75. The van der Waals surface area contributed by atoms with Gasteiger partial charge in [0.1, 0.15) is 10.8 Å². The highest BCUT2D eigenvalue weighted by molar-refractivity contribution is 7.09. The highest BCUT2D eigenvalue weighted by atomic mass is 32.1. The summed E-state index contributed by atoms with van der Waals surface area (Å²) in [6.07, 6.45) is 0. The molecule has 2 rings (SSSR count). The number of pyridine rings is 1. The molecular formula is C13H15N3O2S. The Morgan fingerprint density at radius 1 is 1.37 bits per heavy atom. The summed E-state index contributed by atoms with van der Waals surface area (Å²) in [5.41, 5.74) is 1.72. The minimum Gasteiger partial charge on any atom is -0.478 e. The summed E-state index contributed by atoms with van der Waals surface area (Å²) >= 11 is 1.59. The van der Waals surface area contributed by atoms with Crippen LogP contribution in [0, 0.1) is 13.8 Å². The van der Waals surface area contributed by atoms with Crippen LogP contribution in [0.15, 0.2) is 17.5 Å². The molecule has 0 aromatic carbocycles. The van der Waals surface area contributed by atoms with Crippen molar-refractivity contribution in [2.75, 3.05) is 5.32 Å². The molecule has 0 bridgehead atoms. The third-order valence-corrected chi connectivity index (χ3v) is 3.83. The van der Waals surface area contributed by atoms with Crippen molar-refractivity contribution < 1.29 is 9.90 Å². The molecule has 2 N–H and O–H groups in total. The Bertz CT molecular complexity index is 610. The van der Waals surface area contributed by atoms with Gasteiger partial charge in [-0.25, -0.2) is 14.8 Å². The minimum absolute atomic E-state index is 0.0429. The smallest absolute Gasteiger partial charge is 0.337 e. The number of aromatic nitrogens is 2. The van der Waals surface area contributed by atoms with E-state index in [4.69, 9.17) is 5.11 Å². The van der Waals surface area contributed by atoms with Crippen molar-refractivity contribution in [3.05, 3.63) is 39.5 Å². The Labute approximate surface area is 115 Å². The van der Waals surface area contributed by atoms with Crippen molar-refractivity contribution in [3.8, 4) is 0 Å². The van der Waals surface area contributed by atoms with Gasteiger partial charge in [0, 0.05) is 11.1 Å². The second kappa shape index (κ2) is 5.36. The van der Waals surface area contributed by atoms with Gasteiger partial charge in [-0.1, -0.05) is 0 Å². The van der Waals surface area contributed by atoms with E-state index >= 15 is 0 Å². The zero-order valence-electron chi connectivity index (χ0n) is 11.0. The van der Waals surface area contributed by atoms with Crippen LogP contribution in [0.2, 0.25) is 0 Å². The summed E-state index contributed by atoms with van der Waals surface area (Å²) < 4.78 is 0. The molecule has 0 saturated heterocycles. The predicted octanol–water partition coefficient (Wildman–Crippen LogP) is 3.03. The van der Waals surface area contributed by atoms with Crippen molar-refractivity contribution in [1.82, 2.24) is 9.97 Å². The molecule has 0 radical (unpaired) electrons. The van der Waals surface area contributed by atoms with Gasteiger partial charge in [0.2, 0.25) is 0 Å². The van der Waals surface area contributed by atoms with Gasteiger partial charge in [0.05, 0.1) is 17.3 Å². The second-order valence-corrected chi connectivity index (χ2v) is 5.22. The molecule has 2 aromatic heterocycles. The van der Waals surface area contributed by atoms with E-state index in [-0.39, 0.29) is 11.6 Å². The fourth-order valence-electron chi connectivity index (χ4n) is 1.72. The number of aryl methyl sites for hydroxylation is 2. The Kier molecular flexibility index (Phi) is 3.80. The molecular weight excluding hydrogens is 262 g/mol. The number of nitrogens with one attached hydrogen (secondary N) is 1. The normalized spacial score (nSPS) is 12.2. The van der Waals surface area contributed by atoms with Gasteiger partial charge < -0.3 is 10.4 Å². The lowest BCUT2D eigenvalue weighted by Crippen LogP contribution is -2.10. The maximum atomic E-state index is 10.9. The third kappa shape index (κ3) is 3.08. The quantitative estimate of drug-likeness (QED) is 0.898. The van der Waals surface area contributed by atoms with Gasteiger partial charge in [-0.2, -0.15) is 0 Å². The zero-order chi connectivity index (χ0) is 14.0. The number of rotatable bonds is 4. The van der Waals surface area contributed by atoms with E-state index in [2.05, 4.69) is 15.3 Å². The first-order chi connectivity index (χ1) is 8.97. The van der Waals surface area contributed by atoms with Crippen LogP contribution in [-0.4, -0.2) is 21.0 Å². The van der Waals surface area contributed by atoms with Crippen LogP contribution in [0.3, 0.4) is 0 Å². The summed E-state index contributed by atoms with van der Waals surface area (Å²) in [4.78, 5) is 19.6. The average Bonchev–Trinajstić information content (AvgIpc) is 2.75. The first-order valence-electron chi connectivity index (χ1n) is 5.87. The summed E-state index contributed by atoms with van der Waals surface area (Å²) in [5.74, 6) is -0.303. The van der Waals surface area contributed by atoms with E-state index in [1.807, 2.05) is 19.2 Å². The molecule has 19 heavy (non-hydrogen) atoms. The number of carbonyl (C=O) groups is 1. The fourth-order valence-corrected chi connectivity index (χ4v) is 2.53. The Balaban J connectivity index is 2.15. The van der Waals surface area contributed by atoms with E-state index in [0.717, 1.165) is 10.7 Å². The molecule has 0 aliphatic heterocycles. The highest BCUT2D eigenvalue weighted by Gasteiger charge is 2.12. The molecule has 6 heteroatoms. The maximum absolute atomic E-state index is 10.9. The average molecular weight is 277 g/mol. The highest BCUT2D eigenvalue weighted by Crippen LogP contribution is 2.22. The topological polar surface area (TPSA) is 75.1 Å². The number of hydrogen-bond acceptors (Lipinski definition) is 5. The standard InChI is InChI=1S/C13H15N3O2S/c1-7-6-19-12(14-7)9(3)16-11-5-4-10(13(17)18)8(2)15-11/h4-6,9H,1-3H3,(H,15,16)(H,17,18). The largest absolute Gasteiger partial charge is 0.478 e. The second-order valence-electron chi connectivity index (χ2n) is 4.33. The van der Waals surface area contributed by atoms with E-state index in [9.17, 15) is 4.79 Å². The van der Waals surface area contributed by atoms with Gasteiger partial charge >= 0.3 is 5.97 Å². The van der Waals surface area contributed by atoms with Crippen molar-refractivity contribution in [2.24, 2.45) is 0 Å². The Morgan fingerprint density at radius 2 is 2.11 bits per heavy atom. The maximum Gasteiger partial charge on any atom is 0.337 e. The molecule has 2 heterocycles. The van der Waals surface area contributed by atoms with E-state index in [0.29, 0.717) is 11.5 Å². The number of aromatic carboxylic acids is 1. The molecule has 100 valence electrons. The Morgan fingerprint density at radius 3 is 2.63 bits per heavy atom. The summed E-state index contributed by atoms with van der Waals surface area (Å²) in [6.45, 7) is 5.64. The monoisotopic (exact) mass is 277 g/mol. The first kappa shape index (κ1) is 13.5. The third-order valence-electron chi connectivity index (χ3n) is 2.69. The van der Waals surface area contributed by atoms with Gasteiger partial charge in [-0.05, 0) is 32.9 Å². The lowest BCUT2D eigenvalue weighted by molar-refractivity contribution is 0.0695. The van der Waals surface area contributed by atoms with Crippen molar-refractivity contribution >= 4 is 23.1 Å². The molecule has 2 aromatic rings. The lowest BCUT2D eigenvalue weighted by atomic mass is 10.2. The molecule has 5 nitrogen and oxygen atoms in total. The van der Waals surface area contributed by atoms with E-state index in [1.54, 1.807) is 30.4 Å². The number of carboxylic acid groups (broad SMARTS) is 1. The van der Waals surface area contributed by atoms with Crippen molar-refractivity contribution in [2.45, 2.75) is 26.8 Å². The molecule has 1 unspecified atom stereocenters. The molecule has 0 aliphatic carbocycles. The summed E-state index contributed by atoms with van der Waals surface area (Å²) in [6, 6.07) is 3.28. The molecule has 0 saturated carbocycles. The van der Waals surface area contributed by atoms with E-state index < -0.39 is 5.97 Å². The summed E-state index contributed by atoms with van der Waals surface area (Å²) in [7, 11) is 0. The van der Waals surface area contributed by atoms with Crippen LogP contribution in [-0.2, 0) is 0 Å². The molecule has 1 atom stereocenters. The van der Waals surface area contributed by atoms with Crippen molar-refractivity contribution in [1.29, 1.82) is 0 Å². The van der Waals surface area contributed by atoms with Crippen LogP contribution in [0.1, 0.15) is 39.7 Å². The fraction of sp³-hybridized carbons (Fsp3) is 0.308. The minimum atomic E-state index is -0.958. The Hall–Kier alpha value is -1.95. The lowest BCUT2D eigenvalue weighted by Gasteiger charge is -2.12. The number of anilines is 1. The molecule has 0 amide bonds. The number of hydrogen-bond donors (Lipinski definition) is 2. The number of nitrogens with zero attached hydrogens (tertiary/aromatic N) is 2. The summed E-state index contributed by atoms with van der Waals surface area (Å²) in [5, 5.41) is 15.2. The molecule has 0 aliphatic rings.